The molecule has 2 aliphatic carbocycles. The van der Waals surface area contributed by atoms with Crippen LogP contribution in [0, 0.1) is 0 Å². The largest absolute Gasteiger partial charge is 0.412 e. The molecule has 0 aromatic heterocycles. The first-order valence-corrected chi connectivity index (χ1v) is 3.32. The van der Waals surface area contributed by atoms with Crippen LogP contribution in [-0.4, -0.2) is 19.9 Å². The van der Waals surface area contributed by atoms with Gasteiger partial charge in [-0.2, -0.15) is 0 Å². The normalized spacial score (nSPS) is 36.4. The van der Waals surface area contributed by atoms with E-state index in [0.29, 0.717) is 5.78 Å². The molecule has 3 nitrogen and oxygen atoms in total. The molecule has 2 N–H and O–H groups in total. The first-order valence-electron chi connectivity index (χ1n) is 6.14. The van der Waals surface area contributed by atoms with Gasteiger partial charge in [-0.3, -0.25) is 9.59 Å². The quantitative estimate of drug-likeness (QED) is 0.527. The highest BCUT2D eigenvalue weighted by Crippen LogP contribution is 2.10. The van der Waals surface area contributed by atoms with E-state index in [1.807, 2.05) is 0 Å². The van der Waals surface area contributed by atoms with E-state index in [0.717, 1.165) is 19.3 Å². The zero-order valence-electron chi connectivity index (χ0n) is 12.1. The van der Waals surface area contributed by atoms with Crippen LogP contribution in [0.2, 0.25) is 0 Å². The molecule has 0 aromatic rings. The molecule has 2 aliphatic rings. The number of hydrogen-bond acceptors (Lipinski definition) is 2. The monoisotopic (exact) mass is 164 g/mol. The van der Waals surface area contributed by atoms with Crippen LogP contribution in [0.4, 0.5) is 0 Å². The Morgan fingerprint density at radius 1 is 1.18 bits per heavy atom. The van der Waals surface area contributed by atoms with Crippen molar-refractivity contribution in [2.45, 2.75) is 38.4 Å². The first-order chi connectivity index (χ1) is 7.67. The Hall–Kier alpha value is -0.700. The third-order valence-electron chi connectivity index (χ3n) is 1.41. The molecule has 2 rings (SSSR count). The van der Waals surface area contributed by atoms with Gasteiger partial charge in [0.2, 0.25) is 2.86 Å². The van der Waals surface area contributed by atoms with Crippen molar-refractivity contribution in [3.05, 3.63) is 0 Å². The molecule has 0 spiro atoms. The number of carbonyl (C=O) groups excluding carboxylic acids is 2. The number of ketones is 2. The molecule has 64 valence electrons. The summed E-state index contributed by atoms with van der Waals surface area (Å²) in [5, 5.41) is 0. The van der Waals surface area contributed by atoms with Crippen LogP contribution in [0.3, 0.4) is 0 Å². The molecule has 0 atom stereocenters. The third kappa shape index (κ3) is 3.88. The summed E-state index contributed by atoms with van der Waals surface area (Å²) >= 11 is 0. The smallest absolute Gasteiger partial charge is 0.206 e. The van der Waals surface area contributed by atoms with E-state index in [1.165, 1.54) is 0 Å². The second-order valence-electron chi connectivity index (χ2n) is 2.25. The van der Waals surface area contributed by atoms with Gasteiger partial charge in [0.05, 0.1) is 0 Å². The van der Waals surface area contributed by atoms with Gasteiger partial charge in [0.1, 0.15) is 11.6 Å². The summed E-state index contributed by atoms with van der Waals surface area (Å²) in [6.45, 7) is 0. The highest BCUT2D eigenvalue weighted by atomic mass is 16.1. The molecule has 11 heavy (non-hydrogen) atoms. The van der Waals surface area contributed by atoms with Crippen molar-refractivity contribution in [2.24, 2.45) is 0 Å². The number of rotatable bonds is 0. The van der Waals surface area contributed by atoms with Gasteiger partial charge in [-0.1, -0.05) is 0 Å². The van der Waals surface area contributed by atoms with Gasteiger partial charge in [0.25, 0.3) is 0 Å². The maximum Gasteiger partial charge on any atom is 0.206 e. The summed E-state index contributed by atoms with van der Waals surface area (Å²) < 4.78 is 38.0. The Balaban J connectivity index is 0.000000270. The van der Waals surface area contributed by atoms with Crippen molar-refractivity contribution < 1.29 is 20.6 Å². The van der Waals surface area contributed by atoms with Crippen molar-refractivity contribution in [2.75, 3.05) is 0 Å². The van der Waals surface area contributed by atoms with Gasteiger partial charge in [-0.15, -0.1) is 0 Å². The summed E-state index contributed by atoms with van der Waals surface area (Å²) in [5.74, 6) is -0.486. The van der Waals surface area contributed by atoms with Crippen molar-refractivity contribution >= 4 is 11.6 Å². The molecule has 2 fully saturated rings. The van der Waals surface area contributed by atoms with E-state index >= 15 is 0 Å². The highest BCUT2D eigenvalue weighted by Gasteiger charge is 2.10. The minimum absolute atomic E-state index is 0.293. The molecule has 0 unspecified atom stereocenters. The van der Waals surface area contributed by atoms with Gasteiger partial charge >= 0.3 is 0 Å². The maximum atomic E-state index is 10.5. The van der Waals surface area contributed by atoms with E-state index in [2.05, 4.69) is 5.48 Å². The first kappa shape index (κ1) is 3.81. The van der Waals surface area contributed by atoms with E-state index in [9.17, 15) is 9.59 Å². The average Bonchev–Trinajstić information content (AvgIpc) is 2.15. The van der Waals surface area contributed by atoms with E-state index in [4.69, 9.17) is 8.35 Å². The SMILES string of the molecule is O=C1CCC1.[2H]C1([2H])CC([2H])([2H])C1=O.[2H]O[2H]. The van der Waals surface area contributed by atoms with Gasteiger partial charge in [0, 0.05) is 31.1 Å². The average molecular weight is 164 g/mol. The van der Waals surface area contributed by atoms with Gasteiger partial charge in [-0.05, 0) is 12.8 Å². The topological polar surface area (TPSA) is 65.6 Å². The van der Waals surface area contributed by atoms with Crippen molar-refractivity contribution in [1.82, 2.24) is 0 Å². The fourth-order valence-electron chi connectivity index (χ4n) is 0.482. The van der Waals surface area contributed by atoms with Crippen molar-refractivity contribution in [3.8, 4) is 0 Å². The molecule has 2 saturated carbocycles. The van der Waals surface area contributed by atoms with E-state index in [1.54, 1.807) is 0 Å². The number of hydrogen-bond donors (Lipinski definition) is 0. The second-order valence-corrected chi connectivity index (χ2v) is 2.25. The second kappa shape index (κ2) is 5.02. The molecule has 0 heterocycles. The Morgan fingerprint density at radius 2 is 1.64 bits per heavy atom. The molecule has 0 bridgehead atoms. The summed E-state index contributed by atoms with van der Waals surface area (Å²) in [6.07, 6.45) is -1.26. The van der Waals surface area contributed by atoms with Crippen LogP contribution in [0.1, 0.15) is 43.9 Å². The summed E-state index contributed by atoms with van der Waals surface area (Å²) in [6, 6.07) is 0. The zero-order valence-corrected chi connectivity index (χ0v) is 6.05. The minimum Gasteiger partial charge on any atom is -0.412 e. The standard InChI is InChI=1S/2C4H6O.H2O/c2*5-4-2-1-3-4;/h2*1-3H2;1H2/i2D2,3D2;;/hD2. The summed E-state index contributed by atoms with van der Waals surface area (Å²) in [5.41, 5.74) is 2.75. The molecular weight excluding hydrogens is 144 g/mol. The predicted octanol–water partition coefficient (Wildman–Crippen LogP) is 0.654. The van der Waals surface area contributed by atoms with Crippen LogP contribution in [0.25, 0.3) is 0 Å². The lowest BCUT2D eigenvalue weighted by molar-refractivity contribution is -0.124. The number of carbonyl (C=O) groups is 2. The molecule has 0 radical (unpaired) electrons. The maximum absolute atomic E-state index is 10.5. The minimum atomic E-state index is -1.90. The molecule has 3 heteroatoms. The Bertz CT molecular complexity index is 269. The van der Waals surface area contributed by atoms with E-state index < -0.39 is 18.5 Å². The van der Waals surface area contributed by atoms with Crippen molar-refractivity contribution in [3.63, 3.8) is 0 Å². The highest BCUT2D eigenvalue weighted by molar-refractivity contribution is 5.83. The van der Waals surface area contributed by atoms with Crippen LogP contribution in [0.5, 0.6) is 0 Å². The molecule has 0 aliphatic heterocycles. The lowest BCUT2D eigenvalue weighted by atomic mass is 9.99. The summed E-state index contributed by atoms with van der Waals surface area (Å²) in [7, 11) is 0. The zero-order chi connectivity index (χ0) is 13.7. The Labute approximate surface area is 74.7 Å². The van der Waals surface area contributed by atoms with E-state index in [-0.39, 0.29) is 6.42 Å². The Morgan fingerprint density at radius 3 is 1.64 bits per heavy atom. The van der Waals surface area contributed by atoms with Gasteiger partial charge in [-0.25, -0.2) is 0 Å². The van der Waals surface area contributed by atoms with Crippen molar-refractivity contribution in [1.29, 1.82) is 2.86 Å². The molecular formula is C8H14O3. The van der Waals surface area contributed by atoms with Crippen LogP contribution in [0.15, 0.2) is 0 Å². The number of Topliss-reactive ketones (excluding diaryl/α,β-unsaturated/α-hetero) is 2. The fourth-order valence-corrected chi connectivity index (χ4v) is 0.482. The molecule has 0 saturated heterocycles. The molecule has 0 aromatic carbocycles. The molecule has 0 amide bonds. The third-order valence-corrected chi connectivity index (χ3v) is 1.41. The lowest BCUT2D eigenvalue weighted by Crippen LogP contribution is -2.07. The summed E-state index contributed by atoms with van der Waals surface area (Å²) in [4.78, 5) is 20.4. The van der Waals surface area contributed by atoms with Crippen LogP contribution in [-0.2, 0) is 9.59 Å². The van der Waals surface area contributed by atoms with Gasteiger partial charge < -0.3 is 5.48 Å². The fraction of sp³-hybridized carbons (Fsp3) is 0.750. The Kier molecular flexibility index (Phi) is 1.74. The lowest BCUT2D eigenvalue weighted by Gasteiger charge is -2.05. The van der Waals surface area contributed by atoms with Gasteiger partial charge in [0.15, 0.2) is 0 Å². The van der Waals surface area contributed by atoms with Crippen LogP contribution >= 0.6 is 0 Å². The van der Waals surface area contributed by atoms with Crippen LogP contribution < -0.4 is 0 Å². The predicted molar refractivity (Wildman–Crippen MR) is 41.3 cm³/mol.